The van der Waals surface area contributed by atoms with Crippen molar-refractivity contribution in [3.63, 3.8) is 0 Å². The van der Waals surface area contributed by atoms with E-state index in [1.807, 2.05) is 11.3 Å². The topological polar surface area (TPSA) is 75.4 Å². The third-order valence-corrected chi connectivity index (χ3v) is 2.40. The predicted octanol–water partition coefficient (Wildman–Crippen LogP) is -0.0672. The molecule has 0 fully saturated rings. The molecule has 2 rings (SSSR count). The molecule has 7 nitrogen and oxygen atoms in total. The maximum absolute atomic E-state index is 11.5. The maximum Gasteiger partial charge on any atom is 0.241 e. The molecule has 0 radical (unpaired) electrons. The fourth-order valence-corrected chi connectivity index (χ4v) is 1.38. The van der Waals surface area contributed by atoms with E-state index in [4.69, 9.17) is 0 Å². The van der Waals surface area contributed by atoms with Crippen molar-refractivity contribution in [1.29, 1.82) is 0 Å². The largest absolute Gasteiger partial charge is 0.358 e. The average molecular weight is 234 g/mol. The number of fused-ring (bicyclic) bond motifs is 1. The fourth-order valence-electron chi connectivity index (χ4n) is 1.38. The van der Waals surface area contributed by atoms with Crippen LogP contribution >= 0.6 is 0 Å². The van der Waals surface area contributed by atoms with Crippen molar-refractivity contribution in [2.24, 2.45) is 0 Å². The number of carbonyl (C=O) groups excluding carboxylic acids is 1. The minimum Gasteiger partial charge on any atom is -0.358 e. The Hall–Kier alpha value is -2.18. The summed E-state index contributed by atoms with van der Waals surface area (Å²) in [6.45, 7) is 2.04. The molecule has 2 aromatic heterocycles. The van der Waals surface area contributed by atoms with E-state index in [9.17, 15) is 4.79 Å². The van der Waals surface area contributed by atoms with Gasteiger partial charge in [0, 0.05) is 26.5 Å². The van der Waals surface area contributed by atoms with Gasteiger partial charge in [-0.05, 0) is 6.92 Å². The summed E-state index contributed by atoms with van der Waals surface area (Å²) in [6, 6.07) is 0. The van der Waals surface area contributed by atoms with Crippen LogP contribution in [0.1, 0.15) is 5.82 Å². The number of carbonyl (C=O) groups is 1. The minimum absolute atomic E-state index is 0.0231. The van der Waals surface area contributed by atoms with Crippen LogP contribution in [0.15, 0.2) is 12.4 Å². The summed E-state index contributed by atoms with van der Waals surface area (Å²) in [5, 5.41) is 10.9. The molecule has 0 saturated heterocycles. The Bertz CT molecular complexity index is 547. The van der Waals surface area contributed by atoms with Crippen molar-refractivity contribution in [3.8, 4) is 0 Å². The minimum atomic E-state index is -0.0231. The number of rotatable bonds is 3. The normalized spacial score (nSPS) is 10.5. The van der Waals surface area contributed by atoms with Crippen molar-refractivity contribution >= 4 is 17.4 Å². The molecule has 0 atom stereocenters. The summed E-state index contributed by atoms with van der Waals surface area (Å²) in [5.41, 5.74) is 0.622. The van der Waals surface area contributed by atoms with Gasteiger partial charge in [0.15, 0.2) is 5.82 Å². The van der Waals surface area contributed by atoms with Gasteiger partial charge in [0.1, 0.15) is 5.82 Å². The summed E-state index contributed by atoms with van der Waals surface area (Å²) in [6.07, 6.45) is 3.43. The zero-order chi connectivity index (χ0) is 12.4. The first-order valence-electron chi connectivity index (χ1n) is 5.20. The van der Waals surface area contributed by atoms with Crippen LogP contribution in [0.25, 0.3) is 5.65 Å². The summed E-state index contributed by atoms with van der Waals surface area (Å²) >= 11 is 0. The third-order valence-electron chi connectivity index (χ3n) is 2.40. The molecule has 0 aliphatic heterocycles. The molecule has 0 aromatic carbocycles. The highest BCUT2D eigenvalue weighted by Gasteiger charge is 2.09. The van der Waals surface area contributed by atoms with Crippen molar-refractivity contribution in [2.75, 3.05) is 26.0 Å². The van der Waals surface area contributed by atoms with E-state index >= 15 is 0 Å². The van der Waals surface area contributed by atoms with Crippen molar-refractivity contribution in [2.45, 2.75) is 6.92 Å². The number of aromatic nitrogens is 4. The molecule has 1 amide bonds. The molecule has 2 heterocycles. The fraction of sp³-hybridized carbons (Fsp3) is 0.400. The van der Waals surface area contributed by atoms with Crippen molar-refractivity contribution < 1.29 is 4.79 Å². The number of nitrogens with one attached hydrogen (secondary N) is 1. The first-order valence-corrected chi connectivity index (χ1v) is 5.20. The number of amides is 1. The van der Waals surface area contributed by atoms with E-state index in [-0.39, 0.29) is 12.5 Å². The summed E-state index contributed by atoms with van der Waals surface area (Å²) in [7, 11) is 3.42. The van der Waals surface area contributed by atoms with Gasteiger partial charge in [-0.25, -0.2) is 4.98 Å². The molecule has 0 bridgehead atoms. The number of nitrogens with zero attached hydrogens (tertiary/aromatic N) is 5. The first kappa shape index (κ1) is 11.3. The number of likely N-dealkylation sites (N-methyl/N-ethyl adjacent to an activating group) is 1. The van der Waals surface area contributed by atoms with E-state index in [0.717, 1.165) is 5.82 Å². The maximum atomic E-state index is 11.5. The van der Waals surface area contributed by atoms with E-state index in [0.29, 0.717) is 11.5 Å². The first-order chi connectivity index (χ1) is 8.09. The summed E-state index contributed by atoms with van der Waals surface area (Å²) < 4.78 is 1.81. The molecule has 17 heavy (non-hydrogen) atoms. The summed E-state index contributed by atoms with van der Waals surface area (Å²) in [4.78, 5) is 17.1. The molecular weight excluding hydrogens is 220 g/mol. The Morgan fingerprint density at radius 1 is 1.47 bits per heavy atom. The van der Waals surface area contributed by atoms with E-state index in [2.05, 4.69) is 20.5 Å². The highest BCUT2D eigenvalue weighted by Crippen LogP contribution is 2.11. The SMILES string of the molecule is Cc1nnc2c(NCC(=O)N(C)C)nccn12. The molecular formula is C10H14N6O. The van der Waals surface area contributed by atoms with E-state index in [1.54, 1.807) is 26.5 Å². The van der Waals surface area contributed by atoms with Gasteiger partial charge in [-0.15, -0.1) is 10.2 Å². The Balaban J connectivity index is 2.22. The highest BCUT2D eigenvalue weighted by atomic mass is 16.2. The number of aryl methyl sites for hydroxylation is 1. The molecule has 2 aromatic rings. The Morgan fingerprint density at radius 2 is 2.24 bits per heavy atom. The quantitative estimate of drug-likeness (QED) is 0.804. The Kier molecular flexibility index (Phi) is 2.90. The van der Waals surface area contributed by atoms with Crippen LogP contribution in [0.5, 0.6) is 0 Å². The molecule has 0 saturated carbocycles. The zero-order valence-electron chi connectivity index (χ0n) is 10.0. The molecule has 0 unspecified atom stereocenters. The standard InChI is InChI=1S/C10H14N6O/c1-7-13-14-10-9(11-4-5-16(7)10)12-6-8(17)15(2)3/h4-5H,6H2,1-3H3,(H,11,12). The lowest BCUT2D eigenvalue weighted by Crippen LogP contribution is -2.28. The monoisotopic (exact) mass is 234 g/mol. The number of hydrogen-bond acceptors (Lipinski definition) is 5. The van der Waals surface area contributed by atoms with Crippen molar-refractivity contribution in [1.82, 2.24) is 24.5 Å². The Labute approximate surface area is 98.5 Å². The summed E-state index contributed by atoms with van der Waals surface area (Å²) in [5.74, 6) is 1.32. The molecule has 0 aliphatic carbocycles. The van der Waals surface area contributed by atoms with Crippen LogP contribution in [0.3, 0.4) is 0 Å². The lowest BCUT2D eigenvalue weighted by Gasteiger charge is -2.11. The molecule has 7 heteroatoms. The van der Waals surface area contributed by atoms with Gasteiger partial charge in [-0.1, -0.05) is 0 Å². The van der Waals surface area contributed by atoms with Crippen molar-refractivity contribution in [3.05, 3.63) is 18.2 Å². The average Bonchev–Trinajstić information content (AvgIpc) is 2.69. The second kappa shape index (κ2) is 4.36. The van der Waals surface area contributed by atoms with Crippen LogP contribution in [-0.2, 0) is 4.79 Å². The van der Waals surface area contributed by atoms with Gasteiger partial charge in [0.05, 0.1) is 6.54 Å². The second-order valence-corrected chi connectivity index (χ2v) is 3.86. The lowest BCUT2D eigenvalue weighted by atomic mass is 10.5. The van der Waals surface area contributed by atoms with Crippen LogP contribution in [0, 0.1) is 6.92 Å². The number of anilines is 1. The predicted molar refractivity (Wildman–Crippen MR) is 62.7 cm³/mol. The van der Waals surface area contributed by atoms with Gasteiger partial charge in [-0.3, -0.25) is 9.20 Å². The third kappa shape index (κ3) is 2.17. The molecule has 0 aliphatic rings. The number of hydrogen-bond donors (Lipinski definition) is 1. The van der Waals surface area contributed by atoms with Crippen LogP contribution in [0.4, 0.5) is 5.82 Å². The van der Waals surface area contributed by atoms with Crippen LogP contribution in [-0.4, -0.2) is 51.0 Å². The van der Waals surface area contributed by atoms with Gasteiger partial charge < -0.3 is 10.2 Å². The Morgan fingerprint density at radius 3 is 2.94 bits per heavy atom. The zero-order valence-corrected chi connectivity index (χ0v) is 10.0. The van der Waals surface area contributed by atoms with E-state index < -0.39 is 0 Å². The lowest BCUT2D eigenvalue weighted by molar-refractivity contribution is -0.126. The smallest absolute Gasteiger partial charge is 0.241 e. The molecule has 0 spiro atoms. The van der Waals surface area contributed by atoms with Gasteiger partial charge in [-0.2, -0.15) is 0 Å². The molecule has 1 N–H and O–H groups in total. The highest BCUT2D eigenvalue weighted by molar-refractivity contribution is 5.81. The van der Waals surface area contributed by atoms with Gasteiger partial charge in [0.2, 0.25) is 11.6 Å². The van der Waals surface area contributed by atoms with Gasteiger partial charge >= 0.3 is 0 Å². The van der Waals surface area contributed by atoms with Crippen LogP contribution in [0.2, 0.25) is 0 Å². The van der Waals surface area contributed by atoms with Crippen LogP contribution < -0.4 is 5.32 Å². The van der Waals surface area contributed by atoms with E-state index in [1.165, 1.54) is 4.90 Å². The van der Waals surface area contributed by atoms with Gasteiger partial charge in [0.25, 0.3) is 0 Å². The molecule has 90 valence electrons. The second-order valence-electron chi connectivity index (χ2n) is 3.86.